The van der Waals surface area contributed by atoms with Crippen LogP contribution in [0.2, 0.25) is 0 Å². The molecule has 0 radical (unpaired) electrons. The van der Waals surface area contributed by atoms with E-state index in [-0.39, 0.29) is 5.75 Å². The van der Waals surface area contributed by atoms with Crippen molar-refractivity contribution >= 4 is 27.2 Å². The van der Waals surface area contributed by atoms with Crippen molar-refractivity contribution in [3.63, 3.8) is 0 Å². The van der Waals surface area contributed by atoms with Crippen molar-refractivity contribution in [1.29, 1.82) is 0 Å². The number of nitrogens with one attached hydrogen (secondary N) is 1. The molecule has 4 nitrogen and oxygen atoms in total. The molecule has 0 aliphatic rings. The van der Waals surface area contributed by atoms with Crippen molar-refractivity contribution < 1.29 is 8.42 Å². The molecule has 6 heteroatoms. The molecular weight excluding hydrogens is 208 g/mol. The van der Waals surface area contributed by atoms with Crippen LogP contribution in [-0.4, -0.2) is 25.7 Å². The minimum Gasteiger partial charge on any atom is -0.393 e. The van der Waals surface area contributed by atoms with Gasteiger partial charge in [0.05, 0.1) is 10.7 Å². The average Bonchev–Trinajstić information content (AvgIpc) is 2.03. The van der Waals surface area contributed by atoms with Gasteiger partial charge < -0.3 is 5.73 Å². The first kappa shape index (κ1) is 12.8. The third kappa shape index (κ3) is 8.14. The molecule has 0 aliphatic carbocycles. The molecule has 78 valence electrons. The van der Waals surface area contributed by atoms with Crippen molar-refractivity contribution in [3.8, 4) is 0 Å². The Morgan fingerprint density at radius 2 is 2.08 bits per heavy atom. The zero-order chi connectivity index (χ0) is 10.3. The van der Waals surface area contributed by atoms with E-state index in [1.807, 2.05) is 0 Å². The Kier molecular flexibility index (Phi) is 6.19. The van der Waals surface area contributed by atoms with Crippen molar-refractivity contribution in [2.75, 3.05) is 12.3 Å². The molecule has 3 N–H and O–H groups in total. The Balaban J connectivity index is 3.42. The van der Waals surface area contributed by atoms with E-state index in [0.717, 1.165) is 12.8 Å². The summed E-state index contributed by atoms with van der Waals surface area (Å²) in [6.07, 6.45) is 2.29. The molecule has 0 aromatic rings. The number of hydrogen-bond acceptors (Lipinski definition) is 3. The van der Waals surface area contributed by atoms with Gasteiger partial charge in [0.25, 0.3) is 0 Å². The van der Waals surface area contributed by atoms with Crippen molar-refractivity contribution in [2.45, 2.75) is 26.2 Å². The van der Waals surface area contributed by atoms with Crippen LogP contribution < -0.4 is 10.5 Å². The standard InChI is InChI=1S/C7H16N2O2S2/c1-2-13(10,11)9-6-4-3-5-7(8)12/h9H,2-6H2,1H3,(H2,8,12). The molecule has 0 aromatic heterocycles. The van der Waals surface area contributed by atoms with Gasteiger partial charge in [-0.25, -0.2) is 13.1 Å². The Labute approximate surface area is 84.9 Å². The fraction of sp³-hybridized carbons (Fsp3) is 0.857. The van der Waals surface area contributed by atoms with Gasteiger partial charge in [-0.05, 0) is 26.2 Å². The van der Waals surface area contributed by atoms with Crippen LogP contribution in [0.3, 0.4) is 0 Å². The number of unbranched alkanes of at least 4 members (excludes halogenated alkanes) is 1. The normalized spacial score (nSPS) is 11.5. The summed E-state index contributed by atoms with van der Waals surface area (Å²) in [5.74, 6) is 0.127. The molecule has 0 amide bonds. The second-order valence-electron chi connectivity index (χ2n) is 2.72. The minimum atomic E-state index is -3.03. The first-order valence-electron chi connectivity index (χ1n) is 4.23. The summed E-state index contributed by atoms with van der Waals surface area (Å²) >= 11 is 4.68. The van der Waals surface area contributed by atoms with Crippen LogP contribution in [0, 0.1) is 0 Å². The lowest BCUT2D eigenvalue weighted by atomic mass is 10.2. The van der Waals surface area contributed by atoms with Gasteiger partial charge in [0.1, 0.15) is 0 Å². The molecular formula is C7H16N2O2S2. The zero-order valence-electron chi connectivity index (χ0n) is 7.75. The van der Waals surface area contributed by atoms with Crippen LogP contribution >= 0.6 is 12.2 Å². The van der Waals surface area contributed by atoms with E-state index in [0.29, 0.717) is 18.0 Å². The molecule has 0 bridgehead atoms. The number of hydrogen-bond donors (Lipinski definition) is 2. The van der Waals surface area contributed by atoms with Crippen LogP contribution in [-0.2, 0) is 10.0 Å². The summed E-state index contributed by atoms with van der Waals surface area (Å²) in [7, 11) is -3.03. The van der Waals surface area contributed by atoms with Crippen LogP contribution in [0.4, 0.5) is 0 Å². The Morgan fingerprint density at radius 1 is 1.46 bits per heavy atom. The molecule has 0 spiro atoms. The average molecular weight is 224 g/mol. The summed E-state index contributed by atoms with van der Waals surface area (Å²) in [5.41, 5.74) is 5.28. The fourth-order valence-electron chi connectivity index (χ4n) is 0.754. The molecule has 0 rings (SSSR count). The smallest absolute Gasteiger partial charge is 0.211 e. The predicted molar refractivity (Wildman–Crippen MR) is 58.1 cm³/mol. The summed E-state index contributed by atoms with van der Waals surface area (Å²) in [6.45, 7) is 2.08. The number of sulfonamides is 1. The third-order valence-electron chi connectivity index (χ3n) is 1.55. The van der Waals surface area contributed by atoms with Crippen LogP contribution in [0.5, 0.6) is 0 Å². The molecule has 0 atom stereocenters. The van der Waals surface area contributed by atoms with E-state index < -0.39 is 10.0 Å². The SMILES string of the molecule is CCS(=O)(=O)NCCCCC(N)=S. The van der Waals surface area contributed by atoms with Gasteiger partial charge in [0.2, 0.25) is 10.0 Å². The second-order valence-corrected chi connectivity index (χ2v) is 5.34. The Bertz CT molecular complexity index is 249. The van der Waals surface area contributed by atoms with Gasteiger partial charge in [0, 0.05) is 6.54 Å². The maximum atomic E-state index is 10.9. The summed E-state index contributed by atoms with van der Waals surface area (Å²) in [4.78, 5) is 0.485. The van der Waals surface area contributed by atoms with Gasteiger partial charge in [-0.15, -0.1) is 0 Å². The van der Waals surface area contributed by atoms with Crippen LogP contribution in [0.1, 0.15) is 26.2 Å². The van der Waals surface area contributed by atoms with Gasteiger partial charge in [-0.2, -0.15) is 0 Å². The highest BCUT2D eigenvalue weighted by molar-refractivity contribution is 7.89. The van der Waals surface area contributed by atoms with Gasteiger partial charge in [0.15, 0.2) is 0 Å². The van der Waals surface area contributed by atoms with E-state index in [1.54, 1.807) is 6.92 Å². The molecule has 13 heavy (non-hydrogen) atoms. The van der Waals surface area contributed by atoms with E-state index in [2.05, 4.69) is 16.9 Å². The fourth-order valence-corrected chi connectivity index (χ4v) is 1.56. The largest absolute Gasteiger partial charge is 0.393 e. The molecule has 0 aromatic carbocycles. The molecule has 0 saturated heterocycles. The Morgan fingerprint density at radius 3 is 2.54 bits per heavy atom. The summed E-state index contributed by atoms with van der Waals surface area (Å²) in [5, 5.41) is 0. The lowest BCUT2D eigenvalue weighted by molar-refractivity contribution is 0.579. The van der Waals surface area contributed by atoms with E-state index in [1.165, 1.54) is 0 Å². The lowest BCUT2D eigenvalue weighted by Crippen LogP contribution is -2.26. The monoisotopic (exact) mass is 224 g/mol. The molecule has 0 saturated carbocycles. The summed E-state index contributed by atoms with van der Waals surface area (Å²) in [6, 6.07) is 0. The Hall–Kier alpha value is -0.200. The van der Waals surface area contributed by atoms with E-state index in [4.69, 9.17) is 5.73 Å². The van der Waals surface area contributed by atoms with E-state index >= 15 is 0 Å². The maximum absolute atomic E-state index is 10.9. The number of rotatable bonds is 7. The quantitative estimate of drug-likeness (QED) is 0.484. The first-order valence-corrected chi connectivity index (χ1v) is 6.29. The topological polar surface area (TPSA) is 72.2 Å². The van der Waals surface area contributed by atoms with Crippen molar-refractivity contribution in [3.05, 3.63) is 0 Å². The van der Waals surface area contributed by atoms with Crippen molar-refractivity contribution in [2.24, 2.45) is 5.73 Å². The highest BCUT2D eigenvalue weighted by Gasteiger charge is 2.03. The predicted octanol–water partition coefficient (Wildman–Crippen LogP) is 0.382. The van der Waals surface area contributed by atoms with Gasteiger partial charge in [-0.3, -0.25) is 0 Å². The third-order valence-corrected chi connectivity index (χ3v) is 3.16. The molecule has 0 aliphatic heterocycles. The summed E-state index contributed by atoms with van der Waals surface area (Å²) < 4.78 is 24.3. The van der Waals surface area contributed by atoms with Crippen LogP contribution in [0.25, 0.3) is 0 Å². The highest BCUT2D eigenvalue weighted by Crippen LogP contribution is 1.94. The van der Waals surface area contributed by atoms with Crippen LogP contribution in [0.15, 0.2) is 0 Å². The highest BCUT2D eigenvalue weighted by atomic mass is 32.2. The second kappa shape index (κ2) is 6.28. The zero-order valence-corrected chi connectivity index (χ0v) is 9.38. The number of nitrogens with two attached hydrogens (primary N) is 1. The molecule has 0 heterocycles. The van der Waals surface area contributed by atoms with E-state index in [9.17, 15) is 8.42 Å². The molecule has 0 fully saturated rings. The van der Waals surface area contributed by atoms with Gasteiger partial charge in [-0.1, -0.05) is 12.2 Å². The molecule has 0 unspecified atom stereocenters. The minimum absolute atomic E-state index is 0.127. The van der Waals surface area contributed by atoms with Crippen molar-refractivity contribution in [1.82, 2.24) is 4.72 Å². The van der Waals surface area contributed by atoms with Gasteiger partial charge >= 0.3 is 0 Å². The lowest BCUT2D eigenvalue weighted by Gasteiger charge is -2.03. The maximum Gasteiger partial charge on any atom is 0.211 e. The first-order chi connectivity index (χ1) is 5.98. The number of thiocarbonyl (C=S) groups is 1.